The van der Waals surface area contributed by atoms with Gasteiger partial charge in [-0.05, 0) is 198 Å². The minimum Gasteiger partial charge on any atom is -0.309 e. The first kappa shape index (κ1) is 75.1. The van der Waals surface area contributed by atoms with Crippen LogP contribution in [0.1, 0.15) is 48.6 Å². The standard InChI is InChI=1S/C73H52N2Si.C43H40N2Si/c1-7-23-55(24-8-1)73(56-25-9-2-10-26-56,57-27-11-3-12-28-57)58-41-43-59(44-42-58)74-69-37-21-19-35-65(69)67-51-53(39-49-71(67)74)54-40-50-72-68(52-54)66-36-20-22-38-70(66)75(72)60-45-47-64(48-46-60)76(61-29-13-4-14-30-61,62-31-15-5-16-32-62)63-33-17-6-18-34-63;1-43(2,3)31-13-11-14-32(27-31)44-39-19-9-7-17-35(39)37-25-29(21-23-41(37)44)30-22-24-42-38(26-30)36-18-8-10-20-40(36)45(42)33-15-12-16-34(28-33)46(4,5)6/h1-52H;7-28H,1-6H3. The van der Waals surface area contributed by atoms with Crippen molar-refractivity contribution in [3.63, 3.8) is 0 Å². The highest BCUT2D eigenvalue weighted by molar-refractivity contribution is 7.19. The number of hydrogen-bond donors (Lipinski definition) is 0. The fourth-order valence-corrected chi connectivity index (χ4v) is 25.7. The molecule has 0 unspecified atom stereocenters. The molecule has 122 heavy (non-hydrogen) atoms. The Balaban J connectivity index is 0.000000170. The Morgan fingerprint density at radius 2 is 0.434 bits per heavy atom. The topological polar surface area (TPSA) is 19.7 Å². The van der Waals surface area contributed by atoms with Crippen LogP contribution in [-0.2, 0) is 10.8 Å². The summed E-state index contributed by atoms with van der Waals surface area (Å²) in [6, 6.07) is 167. The molecular formula is C116H92N4Si2. The van der Waals surface area contributed by atoms with E-state index in [2.05, 4.69) is 508 Å². The maximum Gasteiger partial charge on any atom is 0.179 e. The quantitative estimate of drug-likeness (QED) is 0.0720. The molecule has 0 fully saturated rings. The van der Waals surface area contributed by atoms with Crippen LogP contribution in [0.25, 0.3) is 132 Å². The summed E-state index contributed by atoms with van der Waals surface area (Å²) in [7, 11) is -4.12. The van der Waals surface area contributed by atoms with Crippen molar-refractivity contribution < 1.29 is 0 Å². The third-order valence-electron chi connectivity index (χ3n) is 25.7. The first-order chi connectivity index (χ1) is 59.8. The molecule has 0 N–H and O–H groups in total. The number of benzene rings is 18. The van der Waals surface area contributed by atoms with Gasteiger partial charge in [0.15, 0.2) is 8.07 Å². The predicted molar refractivity (Wildman–Crippen MR) is 525 cm³/mol. The van der Waals surface area contributed by atoms with Gasteiger partial charge in [0, 0.05) is 65.8 Å². The van der Waals surface area contributed by atoms with Crippen molar-refractivity contribution in [1.82, 2.24) is 18.3 Å². The second-order valence-electron chi connectivity index (χ2n) is 34.7. The molecule has 4 heterocycles. The molecule has 0 saturated carbocycles. The number of rotatable bonds is 15. The summed E-state index contributed by atoms with van der Waals surface area (Å²) in [6.45, 7) is 14.1. The largest absolute Gasteiger partial charge is 0.309 e. The lowest BCUT2D eigenvalue weighted by atomic mass is 9.65. The molecule has 6 heteroatoms. The molecule has 584 valence electrons. The third kappa shape index (κ3) is 12.7. The highest BCUT2D eigenvalue weighted by Crippen LogP contribution is 2.47. The molecule has 0 aliphatic heterocycles. The smallest absolute Gasteiger partial charge is 0.179 e. The Morgan fingerprint density at radius 3 is 0.770 bits per heavy atom. The molecule has 4 aromatic heterocycles. The zero-order valence-electron chi connectivity index (χ0n) is 69.5. The fraction of sp³-hybridized carbons (Fsp3) is 0.0690. The molecular weight excluding hydrogens is 1510 g/mol. The van der Waals surface area contributed by atoms with Gasteiger partial charge >= 0.3 is 0 Å². The van der Waals surface area contributed by atoms with Crippen molar-refractivity contribution in [2.24, 2.45) is 0 Å². The normalized spacial score (nSPS) is 12.2. The van der Waals surface area contributed by atoms with Crippen LogP contribution in [0.2, 0.25) is 19.6 Å². The van der Waals surface area contributed by atoms with Gasteiger partial charge in [-0.1, -0.05) is 373 Å². The van der Waals surface area contributed by atoms with Crippen molar-refractivity contribution in [3.05, 3.63) is 477 Å². The third-order valence-corrected chi connectivity index (χ3v) is 32.5. The number of hydrogen-bond acceptors (Lipinski definition) is 0. The average molecular weight is 1600 g/mol. The van der Waals surface area contributed by atoms with Gasteiger partial charge in [-0.3, -0.25) is 0 Å². The summed E-state index contributed by atoms with van der Waals surface area (Å²) in [5.41, 5.74) is 25.1. The van der Waals surface area contributed by atoms with E-state index < -0.39 is 21.6 Å². The van der Waals surface area contributed by atoms with Gasteiger partial charge in [-0.2, -0.15) is 0 Å². The molecule has 0 bridgehead atoms. The van der Waals surface area contributed by atoms with Crippen LogP contribution in [0.5, 0.6) is 0 Å². The van der Waals surface area contributed by atoms with E-state index in [1.165, 1.54) is 175 Å². The molecule has 18 aromatic carbocycles. The number of nitrogens with zero attached hydrogens (tertiary/aromatic N) is 4. The lowest BCUT2D eigenvalue weighted by molar-refractivity contribution is 0.590. The van der Waals surface area contributed by atoms with Crippen molar-refractivity contribution in [1.29, 1.82) is 0 Å². The van der Waals surface area contributed by atoms with Crippen molar-refractivity contribution >= 4 is 129 Å². The average Bonchev–Trinajstić information content (AvgIpc) is 1.07. The van der Waals surface area contributed by atoms with Crippen molar-refractivity contribution in [2.75, 3.05) is 0 Å². The zero-order chi connectivity index (χ0) is 82.3. The number of aromatic nitrogens is 4. The molecule has 22 rings (SSSR count). The van der Waals surface area contributed by atoms with Crippen molar-refractivity contribution in [3.8, 4) is 45.0 Å². The Labute approximate surface area is 715 Å². The van der Waals surface area contributed by atoms with Crippen molar-refractivity contribution in [2.45, 2.75) is 51.2 Å². The maximum atomic E-state index is 2.45. The van der Waals surface area contributed by atoms with Gasteiger partial charge in [0.2, 0.25) is 0 Å². The number of para-hydroxylation sites is 4. The Bertz CT molecular complexity index is 7010. The minimum atomic E-state index is -2.67. The summed E-state index contributed by atoms with van der Waals surface area (Å²) < 4.78 is 9.75. The molecule has 0 atom stereocenters. The second-order valence-corrected chi connectivity index (χ2v) is 43.6. The van der Waals surface area contributed by atoms with E-state index in [4.69, 9.17) is 0 Å². The summed E-state index contributed by atoms with van der Waals surface area (Å²) in [6.07, 6.45) is 0. The van der Waals surface area contributed by atoms with Crippen LogP contribution in [0.15, 0.2) is 449 Å². The van der Waals surface area contributed by atoms with E-state index in [1.807, 2.05) is 0 Å². The van der Waals surface area contributed by atoms with Gasteiger partial charge in [-0.15, -0.1) is 0 Å². The van der Waals surface area contributed by atoms with Gasteiger partial charge < -0.3 is 18.3 Å². The van der Waals surface area contributed by atoms with E-state index in [1.54, 1.807) is 0 Å². The summed E-state index contributed by atoms with van der Waals surface area (Å²) in [5.74, 6) is 0. The Hall–Kier alpha value is -14.4. The molecule has 0 saturated heterocycles. The van der Waals surface area contributed by atoms with E-state index in [-0.39, 0.29) is 5.41 Å². The van der Waals surface area contributed by atoms with Crippen LogP contribution in [0, 0.1) is 0 Å². The van der Waals surface area contributed by atoms with Crippen LogP contribution >= 0.6 is 0 Å². The van der Waals surface area contributed by atoms with E-state index in [0.717, 1.165) is 11.4 Å². The fourth-order valence-electron chi connectivity index (χ4n) is 19.8. The SMILES string of the molecule is CC(C)(C)c1cccc(-n2c3ccccc3c3cc(-c4ccc5c(c4)c4ccccc4n5-c4cccc([Si](C)(C)C)c4)ccc32)c1.c1ccc(C(c2ccccc2)(c2ccccc2)c2ccc(-n3c4ccccc4c4cc(-c5ccc6c(c5)c5ccccc5n6-c5ccc([Si](c6ccccc6)(c6ccccc6)c6ccccc6)cc5)ccc43)cc2)cc1. The van der Waals surface area contributed by atoms with Gasteiger partial charge in [0.25, 0.3) is 0 Å². The molecule has 22 aromatic rings. The van der Waals surface area contributed by atoms with E-state index in [0.29, 0.717) is 0 Å². The monoisotopic (exact) mass is 1600 g/mol. The molecule has 4 nitrogen and oxygen atoms in total. The highest BCUT2D eigenvalue weighted by Gasteiger charge is 2.42. The van der Waals surface area contributed by atoms with E-state index >= 15 is 0 Å². The van der Waals surface area contributed by atoms with Gasteiger partial charge in [0.1, 0.15) is 0 Å². The first-order valence-electron chi connectivity index (χ1n) is 42.7. The molecule has 0 radical (unpaired) electrons. The van der Waals surface area contributed by atoms with Crippen LogP contribution in [0.4, 0.5) is 0 Å². The van der Waals surface area contributed by atoms with Gasteiger partial charge in [-0.25, -0.2) is 0 Å². The zero-order valence-corrected chi connectivity index (χ0v) is 71.5. The minimum absolute atomic E-state index is 0.0842. The van der Waals surface area contributed by atoms with Crippen LogP contribution in [0.3, 0.4) is 0 Å². The molecule has 0 spiro atoms. The summed E-state index contributed by atoms with van der Waals surface area (Å²) >= 11 is 0. The predicted octanol–water partition coefficient (Wildman–Crippen LogP) is 26.7. The highest BCUT2D eigenvalue weighted by atomic mass is 28.3. The number of fused-ring (bicyclic) bond motifs is 12. The molecule has 0 amide bonds. The summed E-state index contributed by atoms with van der Waals surface area (Å²) in [5, 5.41) is 17.0. The molecule has 0 aliphatic carbocycles. The van der Waals surface area contributed by atoms with Gasteiger partial charge in [0.05, 0.1) is 57.6 Å². The van der Waals surface area contributed by atoms with E-state index in [9.17, 15) is 0 Å². The summed E-state index contributed by atoms with van der Waals surface area (Å²) in [4.78, 5) is 0. The van der Waals surface area contributed by atoms with Crippen LogP contribution in [-0.4, -0.2) is 34.4 Å². The lowest BCUT2D eigenvalue weighted by Gasteiger charge is -2.37. The first-order valence-corrected chi connectivity index (χ1v) is 48.2. The van der Waals surface area contributed by atoms with Crippen LogP contribution < -0.4 is 25.9 Å². The maximum absolute atomic E-state index is 2.67. The Kier molecular flexibility index (Phi) is 18.7. The molecule has 0 aliphatic rings. The second kappa shape index (κ2) is 30.4. The lowest BCUT2D eigenvalue weighted by Crippen LogP contribution is -2.74. The Morgan fingerprint density at radius 1 is 0.180 bits per heavy atom.